The molecular weight excluding hydrogens is 158 g/mol. The van der Waals surface area contributed by atoms with Crippen LogP contribution in [-0.4, -0.2) is 13.1 Å². The number of rotatable bonds is 5. The summed E-state index contributed by atoms with van der Waals surface area (Å²) in [4.78, 5) is 0. The Labute approximate surface area is 81.9 Å². The highest BCUT2D eigenvalue weighted by Gasteiger charge is 2.06. The highest BCUT2D eigenvalue weighted by atomic mass is 14.8. The van der Waals surface area contributed by atoms with Crippen LogP contribution in [0, 0.1) is 0 Å². The fourth-order valence-corrected chi connectivity index (χ4v) is 1.75. The number of likely N-dealkylation sites (N-methyl/N-ethyl adjacent to an activating group) is 1. The van der Waals surface area contributed by atoms with Crippen LogP contribution in [0.3, 0.4) is 0 Å². The number of hydrogen-bond donors (Lipinski definition) is 1. The van der Waals surface area contributed by atoms with Gasteiger partial charge in [-0.2, -0.15) is 0 Å². The number of hydrogen-bond acceptors (Lipinski definition) is 1. The summed E-state index contributed by atoms with van der Waals surface area (Å²) in [7, 11) is 0. The lowest BCUT2D eigenvalue weighted by atomic mass is 9.94. The van der Waals surface area contributed by atoms with Crippen molar-refractivity contribution in [3.05, 3.63) is 23.3 Å². The Balaban J connectivity index is 2.48. The van der Waals surface area contributed by atoms with Gasteiger partial charge in [-0.1, -0.05) is 32.4 Å². The Morgan fingerprint density at radius 2 is 1.85 bits per heavy atom. The van der Waals surface area contributed by atoms with Crippen LogP contribution in [0.1, 0.15) is 39.5 Å². The van der Waals surface area contributed by atoms with E-state index in [1.807, 2.05) is 0 Å². The molecule has 1 aliphatic carbocycles. The molecule has 0 atom stereocenters. The predicted octanol–water partition coefficient (Wildman–Crippen LogP) is 3.04. The maximum Gasteiger partial charge on any atom is 0.0204 e. The molecular formula is C12H21N. The van der Waals surface area contributed by atoms with Crippen LogP contribution in [0.5, 0.6) is 0 Å². The summed E-state index contributed by atoms with van der Waals surface area (Å²) < 4.78 is 0. The number of allylic oxidation sites excluding steroid dienone is 2. The third-order valence-electron chi connectivity index (χ3n) is 2.45. The van der Waals surface area contributed by atoms with Crippen LogP contribution in [0.25, 0.3) is 0 Å². The highest BCUT2D eigenvalue weighted by molar-refractivity contribution is 5.34. The lowest BCUT2D eigenvalue weighted by molar-refractivity contribution is 0.754. The molecule has 13 heavy (non-hydrogen) atoms. The van der Waals surface area contributed by atoms with Gasteiger partial charge in [-0.3, -0.25) is 0 Å². The van der Waals surface area contributed by atoms with Gasteiger partial charge in [0.05, 0.1) is 0 Å². The summed E-state index contributed by atoms with van der Waals surface area (Å²) in [5, 5.41) is 3.40. The minimum atomic E-state index is 1.06. The molecule has 0 bridgehead atoms. The first kappa shape index (κ1) is 10.5. The van der Waals surface area contributed by atoms with E-state index < -0.39 is 0 Å². The Bertz CT molecular complexity index is 201. The Hall–Kier alpha value is -0.560. The van der Waals surface area contributed by atoms with Crippen LogP contribution in [0.15, 0.2) is 23.3 Å². The first-order valence-electron chi connectivity index (χ1n) is 5.47. The standard InChI is InChI=1S/C12H21N/c1-3-7-11-8-5-6-9-12(11)10-13-4-2/h8-9,13H,3-7,10H2,1-2H3. The first-order chi connectivity index (χ1) is 6.38. The molecule has 0 aromatic carbocycles. The molecule has 0 saturated heterocycles. The van der Waals surface area contributed by atoms with Crippen molar-refractivity contribution in [1.82, 2.24) is 5.32 Å². The van der Waals surface area contributed by atoms with Crippen molar-refractivity contribution < 1.29 is 0 Å². The van der Waals surface area contributed by atoms with E-state index in [0.29, 0.717) is 0 Å². The van der Waals surface area contributed by atoms with Gasteiger partial charge >= 0.3 is 0 Å². The minimum Gasteiger partial charge on any atom is -0.313 e. The van der Waals surface area contributed by atoms with Gasteiger partial charge in [0.2, 0.25) is 0 Å². The minimum absolute atomic E-state index is 1.06. The molecule has 0 unspecified atom stereocenters. The first-order valence-corrected chi connectivity index (χ1v) is 5.47. The van der Waals surface area contributed by atoms with Crippen LogP contribution in [0.4, 0.5) is 0 Å². The fourth-order valence-electron chi connectivity index (χ4n) is 1.75. The zero-order valence-electron chi connectivity index (χ0n) is 8.90. The van der Waals surface area contributed by atoms with E-state index in [9.17, 15) is 0 Å². The van der Waals surface area contributed by atoms with Gasteiger partial charge in [-0.05, 0) is 37.0 Å². The van der Waals surface area contributed by atoms with Gasteiger partial charge in [0, 0.05) is 6.54 Å². The highest BCUT2D eigenvalue weighted by Crippen LogP contribution is 2.22. The fraction of sp³-hybridized carbons (Fsp3) is 0.667. The van der Waals surface area contributed by atoms with Crippen molar-refractivity contribution >= 4 is 0 Å². The van der Waals surface area contributed by atoms with Gasteiger partial charge < -0.3 is 5.32 Å². The van der Waals surface area contributed by atoms with Crippen molar-refractivity contribution in [1.29, 1.82) is 0 Å². The molecule has 1 nitrogen and oxygen atoms in total. The van der Waals surface area contributed by atoms with E-state index in [0.717, 1.165) is 13.1 Å². The normalized spacial score (nSPS) is 16.8. The average Bonchev–Trinajstić information content (AvgIpc) is 2.17. The zero-order chi connectivity index (χ0) is 9.52. The molecule has 0 spiro atoms. The molecule has 0 aliphatic heterocycles. The molecule has 1 aliphatic rings. The van der Waals surface area contributed by atoms with Crippen molar-refractivity contribution in [2.24, 2.45) is 0 Å². The van der Waals surface area contributed by atoms with Crippen LogP contribution in [-0.2, 0) is 0 Å². The van der Waals surface area contributed by atoms with E-state index in [2.05, 4.69) is 31.3 Å². The Morgan fingerprint density at radius 3 is 2.46 bits per heavy atom. The van der Waals surface area contributed by atoms with E-state index >= 15 is 0 Å². The lowest BCUT2D eigenvalue weighted by Crippen LogP contribution is -2.18. The Morgan fingerprint density at radius 1 is 1.15 bits per heavy atom. The second-order valence-corrected chi connectivity index (χ2v) is 3.57. The average molecular weight is 179 g/mol. The van der Waals surface area contributed by atoms with Crippen molar-refractivity contribution in [3.8, 4) is 0 Å². The summed E-state index contributed by atoms with van der Waals surface area (Å²) in [6.07, 6.45) is 9.79. The summed E-state index contributed by atoms with van der Waals surface area (Å²) in [6.45, 7) is 6.53. The predicted molar refractivity (Wildman–Crippen MR) is 58.9 cm³/mol. The monoisotopic (exact) mass is 179 g/mol. The molecule has 0 amide bonds. The van der Waals surface area contributed by atoms with Gasteiger partial charge in [0.15, 0.2) is 0 Å². The largest absolute Gasteiger partial charge is 0.313 e. The summed E-state index contributed by atoms with van der Waals surface area (Å²) >= 11 is 0. The molecule has 0 aromatic rings. The van der Waals surface area contributed by atoms with Crippen LogP contribution >= 0.6 is 0 Å². The molecule has 0 radical (unpaired) electrons. The maximum atomic E-state index is 3.40. The van der Waals surface area contributed by atoms with Gasteiger partial charge in [-0.25, -0.2) is 0 Å². The molecule has 1 N–H and O–H groups in total. The lowest BCUT2D eigenvalue weighted by Gasteiger charge is -2.16. The molecule has 74 valence electrons. The van der Waals surface area contributed by atoms with E-state index in [1.165, 1.54) is 31.3 Å². The Kier molecular flexibility index (Phi) is 4.84. The smallest absolute Gasteiger partial charge is 0.0204 e. The quantitative estimate of drug-likeness (QED) is 0.684. The zero-order valence-corrected chi connectivity index (χ0v) is 8.90. The van der Waals surface area contributed by atoms with Gasteiger partial charge in [0.1, 0.15) is 0 Å². The van der Waals surface area contributed by atoms with E-state index in [-0.39, 0.29) is 0 Å². The van der Waals surface area contributed by atoms with Gasteiger partial charge in [0.25, 0.3) is 0 Å². The molecule has 1 heteroatoms. The second kappa shape index (κ2) is 5.98. The van der Waals surface area contributed by atoms with Crippen molar-refractivity contribution in [2.75, 3.05) is 13.1 Å². The molecule has 0 heterocycles. The van der Waals surface area contributed by atoms with Crippen LogP contribution < -0.4 is 5.32 Å². The second-order valence-electron chi connectivity index (χ2n) is 3.57. The molecule has 1 rings (SSSR count). The van der Waals surface area contributed by atoms with E-state index in [1.54, 1.807) is 5.57 Å². The molecule has 0 saturated carbocycles. The van der Waals surface area contributed by atoms with Crippen molar-refractivity contribution in [2.45, 2.75) is 39.5 Å². The molecule has 0 fully saturated rings. The van der Waals surface area contributed by atoms with E-state index in [4.69, 9.17) is 0 Å². The maximum absolute atomic E-state index is 3.40. The van der Waals surface area contributed by atoms with Crippen molar-refractivity contribution in [3.63, 3.8) is 0 Å². The SMILES string of the molecule is CCCC1=CCCC=C1CNCC. The third kappa shape index (κ3) is 3.35. The number of nitrogens with one attached hydrogen (secondary N) is 1. The summed E-state index contributed by atoms with van der Waals surface area (Å²) in [6, 6.07) is 0. The van der Waals surface area contributed by atoms with Gasteiger partial charge in [-0.15, -0.1) is 0 Å². The van der Waals surface area contributed by atoms with Crippen LogP contribution in [0.2, 0.25) is 0 Å². The molecule has 0 aromatic heterocycles. The summed E-state index contributed by atoms with van der Waals surface area (Å²) in [5.41, 5.74) is 3.12. The summed E-state index contributed by atoms with van der Waals surface area (Å²) in [5.74, 6) is 0. The third-order valence-corrected chi connectivity index (χ3v) is 2.45. The topological polar surface area (TPSA) is 12.0 Å².